The van der Waals surface area contributed by atoms with Gasteiger partial charge in [-0.3, -0.25) is 0 Å². The van der Waals surface area contributed by atoms with E-state index in [9.17, 15) is 9.59 Å². The van der Waals surface area contributed by atoms with Gasteiger partial charge < -0.3 is 43.2 Å². The van der Waals surface area contributed by atoms with Gasteiger partial charge in [-0.25, -0.2) is 9.59 Å². The molecule has 0 spiro atoms. The fourth-order valence-electron chi connectivity index (χ4n) is 8.80. The van der Waals surface area contributed by atoms with E-state index in [1.165, 1.54) is 13.2 Å². The molecule has 8 rings (SSSR count). The van der Waals surface area contributed by atoms with Gasteiger partial charge in [0.15, 0.2) is 6.04 Å². The van der Waals surface area contributed by atoms with Crippen LogP contribution < -0.4 is 5.32 Å². The van der Waals surface area contributed by atoms with Crippen molar-refractivity contribution in [2.75, 3.05) is 20.3 Å². The topological polar surface area (TPSA) is 120 Å². The second-order valence-corrected chi connectivity index (χ2v) is 16.6. The van der Waals surface area contributed by atoms with Gasteiger partial charge in [0.05, 0.1) is 46.2 Å². The van der Waals surface area contributed by atoms with E-state index >= 15 is 0 Å². The van der Waals surface area contributed by atoms with Crippen molar-refractivity contribution >= 4 is 12.1 Å². The molecule has 6 aromatic rings. The van der Waals surface area contributed by atoms with E-state index in [1.54, 1.807) is 6.92 Å². The van der Waals surface area contributed by atoms with Crippen LogP contribution in [0, 0.1) is 0 Å². The zero-order valence-corrected chi connectivity index (χ0v) is 37.8. The normalized spacial score (nSPS) is 20.7. The number of nitrogens with one attached hydrogen (secondary N) is 1. The lowest BCUT2D eigenvalue weighted by atomic mass is 9.90. The van der Waals surface area contributed by atoms with Crippen molar-refractivity contribution in [3.63, 3.8) is 0 Å². The first kappa shape index (κ1) is 47.1. The van der Waals surface area contributed by atoms with Gasteiger partial charge in [0.25, 0.3) is 0 Å². The van der Waals surface area contributed by atoms with Crippen LogP contribution in [-0.2, 0) is 69.1 Å². The third kappa shape index (κ3) is 11.6. The largest absolute Gasteiger partial charge is 0.467 e. The van der Waals surface area contributed by atoms with Crippen LogP contribution in [0.2, 0.25) is 0 Å². The number of hydrogen-bond acceptors (Lipinski definition) is 10. The van der Waals surface area contributed by atoms with Crippen LogP contribution in [0.25, 0.3) is 11.1 Å². The van der Waals surface area contributed by atoms with Crippen LogP contribution in [0.3, 0.4) is 0 Å². The monoisotopic (exact) mass is 903 g/mol. The van der Waals surface area contributed by atoms with E-state index < -0.39 is 54.4 Å². The summed E-state index contributed by atoms with van der Waals surface area (Å²) in [4.78, 5) is 27.5. The average Bonchev–Trinajstić information content (AvgIpc) is 3.70. The Morgan fingerprint density at radius 2 is 1.09 bits per heavy atom. The molecule has 1 saturated heterocycles. The van der Waals surface area contributed by atoms with Gasteiger partial charge in [-0.1, -0.05) is 176 Å². The first-order valence-corrected chi connectivity index (χ1v) is 22.6. The fraction of sp³-hybridized carbons (Fsp3) is 0.286. The number of ether oxygens (including phenoxy) is 8. The number of alkyl carbamates (subject to hydrolysis) is 1. The lowest BCUT2D eigenvalue weighted by Gasteiger charge is -2.52. The van der Waals surface area contributed by atoms with Gasteiger partial charge in [0, 0.05) is 5.92 Å². The summed E-state index contributed by atoms with van der Waals surface area (Å²) in [6.45, 7) is 6.83. The highest BCUT2D eigenvalue weighted by Gasteiger charge is 2.58. The Kier molecular flexibility index (Phi) is 16.0. The molecule has 1 N–H and O–H groups in total. The van der Waals surface area contributed by atoms with Gasteiger partial charge in [-0.2, -0.15) is 0 Å². The molecule has 1 heterocycles. The second kappa shape index (κ2) is 22.8. The number of carbonyl (C=O) groups is 2. The molecule has 2 aliphatic rings. The summed E-state index contributed by atoms with van der Waals surface area (Å²) in [5.41, 5.74) is 8.02. The molecule has 67 heavy (non-hydrogen) atoms. The molecule has 7 atom stereocenters. The molecule has 1 aliphatic heterocycles. The predicted octanol–water partition coefficient (Wildman–Crippen LogP) is 9.73. The Labute approximate surface area is 392 Å². The third-order valence-electron chi connectivity index (χ3n) is 12.2. The van der Waals surface area contributed by atoms with Crippen molar-refractivity contribution in [2.24, 2.45) is 0 Å². The molecule has 0 saturated carbocycles. The molecule has 346 valence electrons. The minimum Gasteiger partial charge on any atom is -0.467 e. The maximum atomic E-state index is 13.8. The highest BCUT2D eigenvalue weighted by Crippen LogP contribution is 2.45. The van der Waals surface area contributed by atoms with Crippen LogP contribution in [0.5, 0.6) is 0 Å². The molecule has 11 heteroatoms. The third-order valence-corrected chi connectivity index (χ3v) is 12.2. The van der Waals surface area contributed by atoms with Crippen molar-refractivity contribution < 1.29 is 47.5 Å². The number of carbonyl (C=O) groups excluding carboxylic acids is 2. The SMILES string of the molecule is C=C[C@]1(O[C@H](C)[C@@H](NC(=O)OCC2c3ccccc3-c3ccccc32)C(=O)OC)O[C@H](COCc2ccccc2)[C@H](OCc2ccccc2)[C@H](OCc2ccccc2)[C@H]1OCc1ccccc1. The van der Waals surface area contributed by atoms with Gasteiger partial charge >= 0.3 is 12.1 Å². The van der Waals surface area contributed by atoms with Gasteiger partial charge in [0.2, 0.25) is 5.79 Å². The second-order valence-electron chi connectivity index (χ2n) is 16.6. The molecule has 0 radical (unpaired) electrons. The number of rotatable bonds is 21. The maximum Gasteiger partial charge on any atom is 0.407 e. The molecular formula is C56H57NO10. The number of amides is 1. The maximum absolute atomic E-state index is 13.8. The molecule has 1 fully saturated rings. The molecule has 0 bridgehead atoms. The smallest absolute Gasteiger partial charge is 0.407 e. The quantitative estimate of drug-likeness (QED) is 0.0553. The van der Waals surface area contributed by atoms with E-state index in [2.05, 4.69) is 24.0 Å². The minimum absolute atomic E-state index is 0.0353. The van der Waals surface area contributed by atoms with Crippen LogP contribution in [-0.4, -0.2) is 74.7 Å². The lowest BCUT2D eigenvalue weighted by molar-refractivity contribution is -0.372. The summed E-state index contributed by atoms with van der Waals surface area (Å²) in [7, 11) is 1.25. The van der Waals surface area contributed by atoms with Crippen LogP contribution >= 0.6 is 0 Å². The van der Waals surface area contributed by atoms with Crippen molar-refractivity contribution in [2.45, 2.75) is 81.6 Å². The number of esters is 1. The van der Waals surface area contributed by atoms with Crippen LogP contribution in [0.1, 0.15) is 46.2 Å². The molecule has 0 unspecified atom stereocenters. The Balaban J connectivity index is 1.10. The standard InChI is InChI=1S/C56H57NO10/c1-4-56(66-39(2)50(54(58)60-3)57-55(59)65-37-48-46-31-19-17-29-44(46)45-30-18-20-32-47(45)48)53(64-36-43-27-15-8-16-28-43)52(63-35-42-25-13-7-14-26-42)51(62-34-41-23-11-6-12-24-41)49(67-56)38-61-33-40-21-9-5-10-22-40/h4-32,39,48-53H,1,33-38H2,2-3H3,(H,57,59)/t39-,49-,50-,51+,52+,53-,56+/m1/s1. The van der Waals surface area contributed by atoms with E-state index in [1.807, 2.05) is 158 Å². The molecular weight excluding hydrogens is 847 g/mol. The molecule has 1 amide bonds. The Morgan fingerprint density at radius 1 is 0.627 bits per heavy atom. The van der Waals surface area contributed by atoms with Gasteiger partial charge in [-0.15, -0.1) is 0 Å². The summed E-state index contributed by atoms with van der Waals surface area (Å²) >= 11 is 0. The van der Waals surface area contributed by atoms with Crippen molar-refractivity contribution in [3.05, 3.63) is 216 Å². The van der Waals surface area contributed by atoms with Gasteiger partial charge in [0.1, 0.15) is 31.0 Å². The number of benzene rings is 6. The van der Waals surface area contributed by atoms with E-state index in [-0.39, 0.29) is 39.0 Å². The fourth-order valence-corrected chi connectivity index (χ4v) is 8.80. The van der Waals surface area contributed by atoms with Crippen LogP contribution in [0.15, 0.2) is 183 Å². The van der Waals surface area contributed by atoms with Crippen LogP contribution in [0.4, 0.5) is 4.79 Å². The zero-order valence-electron chi connectivity index (χ0n) is 37.8. The van der Waals surface area contributed by atoms with Gasteiger partial charge in [-0.05, 0) is 57.5 Å². The predicted molar refractivity (Wildman–Crippen MR) is 254 cm³/mol. The van der Waals surface area contributed by atoms with E-state index in [0.717, 1.165) is 44.5 Å². The molecule has 1 aliphatic carbocycles. The summed E-state index contributed by atoms with van der Waals surface area (Å²) < 4.78 is 52.2. The summed E-state index contributed by atoms with van der Waals surface area (Å²) in [5.74, 6) is -2.78. The highest BCUT2D eigenvalue weighted by molar-refractivity contribution is 5.82. The molecule has 6 aromatic carbocycles. The van der Waals surface area contributed by atoms with Crippen molar-refractivity contribution in [1.82, 2.24) is 5.32 Å². The molecule has 11 nitrogen and oxygen atoms in total. The Morgan fingerprint density at radius 3 is 1.60 bits per heavy atom. The van der Waals surface area contributed by atoms with Crippen molar-refractivity contribution in [1.29, 1.82) is 0 Å². The number of hydrogen-bond donors (Lipinski definition) is 1. The first-order valence-electron chi connectivity index (χ1n) is 22.6. The summed E-state index contributed by atoms with van der Waals surface area (Å²) in [6.07, 6.45) is -3.97. The number of fused-ring (bicyclic) bond motifs is 3. The zero-order chi connectivity index (χ0) is 46.4. The number of methoxy groups -OCH3 is 1. The van der Waals surface area contributed by atoms with Crippen molar-refractivity contribution in [3.8, 4) is 11.1 Å². The van der Waals surface area contributed by atoms with E-state index in [0.29, 0.717) is 6.61 Å². The summed E-state index contributed by atoms with van der Waals surface area (Å²) in [5, 5.41) is 2.74. The lowest BCUT2D eigenvalue weighted by Crippen LogP contribution is -2.68. The summed E-state index contributed by atoms with van der Waals surface area (Å²) in [6, 6.07) is 54.0. The Bertz CT molecular complexity index is 2460. The average molecular weight is 904 g/mol. The van der Waals surface area contributed by atoms with E-state index in [4.69, 9.17) is 37.9 Å². The Hall–Kier alpha value is -6.44. The first-order chi connectivity index (χ1) is 32.9. The highest BCUT2D eigenvalue weighted by atomic mass is 16.7. The molecule has 0 aromatic heterocycles. The minimum atomic E-state index is -1.82.